The number of nitrogens with two attached hydrogens (primary N) is 1. The van der Waals surface area contributed by atoms with E-state index in [1.807, 2.05) is 0 Å². The summed E-state index contributed by atoms with van der Waals surface area (Å²) in [5.41, 5.74) is 5.53. The number of anilines is 2. The summed E-state index contributed by atoms with van der Waals surface area (Å²) in [6.45, 7) is 0. The molecule has 18 heavy (non-hydrogen) atoms. The molecule has 6 heteroatoms. The first-order valence-corrected chi connectivity index (χ1v) is 5.83. The lowest BCUT2D eigenvalue weighted by Crippen LogP contribution is -2.13. The van der Waals surface area contributed by atoms with Crippen LogP contribution in [-0.2, 0) is 0 Å². The lowest BCUT2D eigenvalue weighted by Gasteiger charge is -2.05. The summed E-state index contributed by atoms with van der Waals surface area (Å²) < 4.78 is 14.0. The summed E-state index contributed by atoms with van der Waals surface area (Å²) in [6.07, 6.45) is 1.55. The number of benzene rings is 1. The number of hydrogen-bond donors (Lipinski definition) is 2. The van der Waals surface area contributed by atoms with Crippen molar-refractivity contribution in [1.29, 1.82) is 0 Å². The molecule has 0 saturated carbocycles. The van der Waals surface area contributed by atoms with Crippen LogP contribution < -0.4 is 11.1 Å². The van der Waals surface area contributed by atoms with Crippen LogP contribution in [0.15, 0.2) is 41.0 Å². The zero-order valence-electron chi connectivity index (χ0n) is 9.15. The fourth-order valence-electron chi connectivity index (χ4n) is 1.31. The molecule has 3 N–H and O–H groups in total. The van der Waals surface area contributed by atoms with Gasteiger partial charge in [-0.1, -0.05) is 0 Å². The van der Waals surface area contributed by atoms with Crippen molar-refractivity contribution in [3.8, 4) is 0 Å². The lowest BCUT2D eigenvalue weighted by molar-refractivity contribution is 0.102. The zero-order chi connectivity index (χ0) is 13.1. The molecular weight excluding hydrogens is 301 g/mol. The van der Waals surface area contributed by atoms with Crippen molar-refractivity contribution in [2.75, 3.05) is 11.1 Å². The van der Waals surface area contributed by atoms with Crippen LogP contribution in [0.5, 0.6) is 0 Å². The van der Waals surface area contributed by atoms with E-state index in [2.05, 4.69) is 26.2 Å². The van der Waals surface area contributed by atoms with E-state index < -0.39 is 11.7 Å². The maximum Gasteiger partial charge on any atom is 0.256 e. The molecule has 0 fully saturated rings. The number of hydrogen-bond acceptors (Lipinski definition) is 3. The summed E-state index contributed by atoms with van der Waals surface area (Å²) in [7, 11) is 0. The molecule has 1 aromatic carbocycles. The van der Waals surface area contributed by atoms with Crippen LogP contribution in [0.3, 0.4) is 0 Å². The first kappa shape index (κ1) is 12.5. The van der Waals surface area contributed by atoms with E-state index in [0.717, 1.165) is 10.5 Å². The van der Waals surface area contributed by atoms with Crippen LogP contribution in [0.1, 0.15) is 10.4 Å². The maximum atomic E-state index is 13.2. The highest BCUT2D eigenvalue weighted by Gasteiger charge is 2.09. The van der Waals surface area contributed by atoms with E-state index in [4.69, 9.17) is 5.73 Å². The quantitative estimate of drug-likeness (QED) is 0.838. The van der Waals surface area contributed by atoms with Crippen LogP contribution in [0, 0.1) is 5.82 Å². The predicted molar refractivity (Wildman–Crippen MR) is 70.7 cm³/mol. The summed E-state index contributed by atoms with van der Waals surface area (Å²) in [4.78, 5) is 15.8. The SMILES string of the molecule is Nc1ccc(C(=O)Nc2ccc(Br)cn2)cc1F. The average molecular weight is 310 g/mol. The normalized spacial score (nSPS) is 10.1. The van der Waals surface area contributed by atoms with Gasteiger partial charge in [0.05, 0.1) is 5.69 Å². The number of rotatable bonds is 2. The van der Waals surface area contributed by atoms with Gasteiger partial charge in [0.15, 0.2) is 0 Å². The van der Waals surface area contributed by atoms with Crippen molar-refractivity contribution < 1.29 is 9.18 Å². The molecule has 0 aliphatic carbocycles. The van der Waals surface area contributed by atoms with Gasteiger partial charge in [0.25, 0.3) is 5.91 Å². The van der Waals surface area contributed by atoms with Gasteiger partial charge in [0.2, 0.25) is 0 Å². The maximum absolute atomic E-state index is 13.2. The summed E-state index contributed by atoms with van der Waals surface area (Å²) >= 11 is 3.24. The Hall–Kier alpha value is -1.95. The molecule has 0 unspecified atom stereocenters. The minimum absolute atomic E-state index is 0.00770. The second-order valence-corrected chi connectivity index (χ2v) is 4.47. The van der Waals surface area contributed by atoms with E-state index in [1.165, 1.54) is 12.1 Å². The standard InChI is InChI=1S/C12H9BrFN3O/c13-8-2-4-11(16-6-8)17-12(18)7-1-3-10(15)9(14)5-7/h1-6H,15H2,(H,16,17,18). The van der Waals surface area contributed by atoms with Crippen molar-refractivity contribution in [2.45, 2.75) is 0 Å². The number of aromatic nitrogens is 1. The number of carbonyl (C=O) groups is 1. The molecule has 4 nitrogen and oxygen atoms in total. The number of nitrogen functional groups attached to an aromatic ring is 1. The summed E-state index contributed by atoms with van der Waals surface area (Å²) in [6, 6.07) is 7.26. The smallest absolute Gasteiger partial charge is 0.256 e. The van der Waals surface area contributed by atoms with Crippen molar-refractivity contribution >= 4 is 33.3 Å². The molecule has 0 aliphatic heterocycles. The van der Waals surface area contributed by atoms with Gasteiger partial charge >= 0.3 is 0 Å². The second-order valence-electron chi connectivity index (χ2n) is 3.55. The summed E-state index contributed by atoms with van der Waals surface area (Å²) in [5.74, 6) is -0.671. The highest BCUT2D eigenvalue weighted by atomic mass is 79.9. The van der Waals surface area contributed by atoms with Gasteiger partial charge < -0.3 is 11.1 Å². The Morgan fingerprint density at radius 1 is 1.33 bits per heavy atom. The van der Waals surface area contributed by atoms with Crippen LogP contribution >= 0.6 is 15.9 Å². The highest BCUT2D eigenvalue weighted by molar-refractivity contribution is 9.10. The second kappa shape index (κ2) is 5.14. The third-order valence-corrected chi connectivity index (χ3v) is 2.70. The van der Waals surface area contributed by atoms with Crippen molar-refractivity contribution in [2.24, 2.45) is 0 Å². The molecule has 1 amide bonds. The lowest BCUT2D eigenvalue weighted by atomic mass is 10.2. The molecule has 0 spiro atoms. The van der Waals surface area contributed by atoms with Gasteiger partial charge in [-0.25, -0.2) is 9.37 Å². The monoisotopic (exact) mass is 309 g/mol. The fourth-order valence-corrected chi connectivity index (χ4v) is 1.54. The van der Waals surface area contributed by atoms with Crippen molar-refractivity contribution in [3.63, 3.8) is 0 Å². The third kappa shape index (κ3) is 2.84. The Balaban J connectivity index is 2.16. The molecule has 0 radical (unpaired) electrons. The minimum Gasteiger partial charge on any atom is -0.396 e. The van der Waals surface area contributed by atoms with Gasteiger partial charge in [-0.2, -0.15) is 0 Å². The minimum atomic E-state index is -0.619. The number of halogens is 2. The predicted octanol–water partition coefficient (Wildman–Crippen LogP) is 2.82. The van der Waals surface area contributed by atoms with Gasteiger partial charge in [-0.15, -0.1) is 0 Å². The van der Waals surface area contributed by atoms with Gasteiger partial charge in [0.1, 0.15) is 11.6 Å². The molecular formula is C12H9BrFN3O. The van der Waals surface area contributed by atoms with E-state index in [9.17, 15) is 9.18 Å². The van der Waals surface area contributed by atoms with Gasteiger partial charge in [-0.05, 0) is 46.3 Å². The van der Waals surface area contributed by atoms with E-state index in [-0.39, 0.29) is 11.3 Å². The van der Waals surface area contributed by atoms with Crippen molar-refractivity contribution in [3.05, 3.63) is 52.4 Å². The Kier molecular flexibility index (Phi) is 3.57. The summed E-state index contributed by atoms with van der Waals surface area (Å²) in [5, 5.41) is 2.55. The number of nitrogens with zero attached hydrogens (tertiary/aromatic N) is 1. The molecule has 0 aliphatic rings. The number of nitrogens with one attached hydrogen (secondary N) is 1. The molecule has 92 valence electrons. The van der Waals surface area contributed by atoms with Gasteiger partial charge in [0, 0.05) is 16.2 Å². The van der Waals surface area contributed by atoms with E-state index in [0.29, 0.717) is 5.82 Å². The van der Waals surface area contributed by atoms with Crippen LogP contribution in [0.2, 0.25) is 0 Å². The molecule has 0 saturated heterocycles. The number of pyridine rings is 1. The molecule has 1 heterocycles. The third-order valence-electron chi connectivity index (χ3n) is 2.23. The van der Waals surface area contributed by atoms with Gasteiger partial charge in [-0.3, -0.25) is 4.79 Å². The Bertz CT molecular complexity index is 586. The molecule has 0 atom stereocenters. The van der Waals surface area contributed by atoms with Crippen LogP contribution in [-0.4, -0.2) is 10.9 Å². The Morgan fingerprint density at radius 3 is 2.72 bits per heavy atom. The number of carbonyl (C=O) groups excluding carboxylic acids is 1. The van der Waals surface area contributed by atoms with Crippen molar-refractivity contribution in [1.82, 2.24) is 4.98 Å². The topological polar surface area (TPSA) is 68.0 Å². The molecule has 2 rings (SSSR count). The van der Waals surface area contributed by atoms with E-state index in [1.54, 1.807) is 18.3 Å². The van der Waals surface area contributed by atoms with E-state index >= 15 is 0 Å². The molecule has 0 bridgehead atoms. The Morgan fingerprint density at radius 2 is 2.11 bits per heavy atom. The van der Waals surface area contributed by atoms with Crippen LogP contribution in [0.4, 0.5) is 15.9 Å². The average Bonchev–Trinajstić information content (AvgIpc) is 2.35. The molecule has 2 aromatic rings. The highest BCUT2D eigenvalue weighted by Crippen LogP contribution is 2.14. The fraction of sp³-hybridized carbons (Fsp3) is 0. The largest absolute Gasteiger partial charge is 0.396 e. The first-order valence-electron chi connectivity index (χ1n) is 5.04. The zero-order valence-corrected chi connectivity index (χ0v) is 10.7. The Labute approximate surface area is 111 Å². The molecule has 1 aromatic heterocycles. The first-order chi connectivity index (χ1) is 8.56. The van der Waals surface area contributed by atoms with Crippen LogP contribution in [0.25, 0.3) is 0 Å². The number of amides is 1.